The van der Waals surface area contributed by atoms with Gasteiger partial charge in [0.05, 0.1) is 12.2 Å². The normalized spacial score (nSPS) is 10.1. The van der Waals surface area contributed by atoms with E-state index in [2.05, 4.69) is 0 Å². The van der Waals surface area contributed by atoms with E-state index in [1.54, 1.807) is 19.1 Å². The van der Waals surface area contributed by atoms with E-state index in [0.29, 0.717) is 23.7 Å². The van der Waals surface area contributed by atoms with Gasteiger partial charge in [-0.1, -0.05) is 6.07 Å². The summed E-state index contributed by atoms with van der Waals surface area (Å²) in [6.07, 6.45) is 1.77. The van der Waals surface area contributed by atoms with Crippen molar-refractivity contribution < 1.29 is 9.53 Å². The van der Waals surface area contributed by atoms with Crippen molar-refractivity contribution in [3.63, 3.8) is 0 Å². The van der Waals surface area contributed by atoms with Crippen molar-refractivity contribution in [1.82, 2.24) is 0 Å². The summed E-state index contributed by atoms with van der Waals surface area (Å²) in [5, 5.41) is 0. The minimum Gasteiger partial charge on any atom is -0.462 e. The average molecular weight is 242 g/mol. The van der Waals surface area contributed by atoms with Crippen LogP contribution in [0.4, 0.5) is 5.69 Å². The minimum atomic E-state index is -0.371. The summed E-state index contributed by atoms with van der Waals surface area (Å²) in [5.41, 5.74) is 7.77. The quantitative estimate of drug-likeness (QED) is 0.490. The number of carbonyl (C=O) groups is 1. The van der Waals surface area contributed by atoms with E-state index in [1.165, 1.54) is 0 Å². The number of ether oxygens (including phenoxy) is 1. The molecule has 3 nitrogen and oxygen atoms in total. The molecule has 0 spiro atoms. The highest BCUT2D eigenvalue weighted by atomic mass is 35.5. The van der Waals surface area contributed by atoms with Gasteiger partial charge < -0.3 is 10.5 Å². The molecule has 0 heterocycles. The highest BCUT2D eigenvalue weighted by Gasteiger charge is 2.10. The monoisotopic (exact) mass is 241 g/mol. The molecule has 0 atom stereocenters. The molecule has 0 saturated carbocycles. The zero-order valence-corrected chi connectivity index (χ0v) is 10.1. The van der Waals surface area contributed by atoms with Gasteiger partial charge in [-0.2, -0.15) is 0 Å². The number of halogens is 1. The van der Waals surface area contributed by atoms with Crippen molar-refractivity contribution in [1.29, 1.82) is 0 Å². The molecule has 0 radical (unpaired) electrons. The van der Waals surface area contributed by atoms with E-state index < -0.39 is 0 Å². The summed E-state index contributed by atoms with van der Waals surface area (Å²) in [4.78, 5) is 11.5. The Labute approximate surface area is 101 Å². The molecule has 16 heavy (non-hydrogen) atoms. The lowest BCUT2D eigenvalue weighted by Crippen LogP contribution is -2.08. The number of carbonyl (C=O) groups excluding carboxylic acids is 1. The van der Waals surface area contributed by atoms with Crippen LogP contribution in [0.25, 0.3) is 0 Å². The van der Waals surface area contributed by atoms with Crippen LogP contribution in [0.5, 0.6) is 0 Å². The molecular formula is C12H16ClNO2. The maximum Gasteiger partial charge on any atom is 0.340 e. The van der Waals surface area contributed by atoms with E-state index in [0.717, 1.165) is 18.4 Å². The standard InChI is InChI=1S/C12H16ClNO2/c1-2-16-12(15)10-6-5-9(4-3-7-13)8-11(10)14/h5-6,8H,2-4,7,14H2,1H3. The predicted molar refractivity (Wildman–Crippen MR) is 65.9 cm³/mol. The van der Waals surface area contributed by atoms with Gasteiger partial charge in [-0.25, -0.2) is 4.79 Å². The van der Waals surface area contributed by atoms with Crippen LogP contribution >= 0.6 is 11.6 Å². The minimum absolute atomic E-state index is 0.353. The van der Waals surface area contributed by atoms with Gasteiger partial charge in [-0.3, -0.25) is 0 Å². The van der Waals surface area contributed by atoms with Gasteiger partial charge >= 0.3 is 5.97 Å². The van der Waals surface area contributed by atoms with Crippen molar-refractivity contribution in [2.45, 2.75) is 19.8 Å². The molecule has 0 amide bonds. The Morgan fingerprint density at radius 3 is 2.81 bits per heavy atom. The fourth-order valence-electron chi connectivity index (χ4n) is 1.43. The molecule has 88 valence electrons. The molecule has 0 saturated heterocycles. The van der Waals surface area contributed by atoms with Gasteiger partial charge in [-0.05, 0) is 37.5 Å². The largest absolute Gasteiger partial charge is 0.462 e. The maximum absolute atomic E-state index is 11.5. The van der Waals surface area contributed by atoms with Gasteiger partial charge in [0.15, 0.2) is 0 Å². The molecule has 4 heteroatoms. The molecule has 0 aliphatic carbocycles. The third kappa shape index (κ3) is 3.42. The summed E-state index contributed by atoms with van der Waals surface area (Å²) < 4.78 is 4.89. The molecule has 1 aromatic rings. The predicted octanol–water partition coefficient (Wildman–Crippen LogP) is 2.62. The number of aryl methyl sites for hydroxylation is 1. The van der Waals surface area contributed by atoms with Crippen LogP contribution in [0.3, 0.4) is 0 Å². The highest BCUT2D eigenvalue weighted by molar-refractivity contribution is 6.17. The number of benzene rings is 1. The maximum atomic E-state index is 11.5. The zero-order chi connectivity index (χ0) is 12.0. The molecule has 1 aromatic carbocycles. The lowest BCUT2D eigenvalue weighted by atomic mass is 10.1. The van der Waals surface area contributed by atoms with Gasteiger partial charge in [0, 0.05) is 11.6 Å². The second-order valence-corrected chi connectivity index (χ2v) is 3.81. The summed E-state index contributed by atoms with van der Waals surface area (Å²) in [6.45, 7) is 2.12. The molecule has 1 rings (SSSR count). The van der Waals surface area contributed by atoms with Crippen LogP contribution < -0.4 is 5.73 Å². The third-order valence-electron chi connectivity index (χ3n) is 2.21. The molecular weight excluding hydrogens is 226 g/mol. The second kappa shape index (κ2) is 6.38. The fourth-order valence-corrected chi connectivity index (χ4v) is 1.57. The number of nitrogen functional groups attached to an aromatic ring is 1. The van der Waals surface area contributed by atoms with Crippen molar-refractivity contribution in [3.8, 4) is 0 Å². The Bertz CT molecular complexity index is 366. The van der Waals surface area contributed by atoms with Crippen LogP contribution in [0.1, 0.15) is 29.3 Å². The second-order valence-electron chi connectivity index (χ2n) is 3.43. The lowest BCUT2D eigenvalue weighted by Gasteiger charge is -2.07. The van der Waals surface area contributed by atoms with Crippen LogP contribution in [-0.4, -0.2) is 18.5 Å². The molecule has 0 bridgehead atoms. The number of rotatable bonds is 5. The number of nitrogens with two attached hydrogens (primary N) is 1. The van der Waals surface area contributed by atoms with Gasteiger partial charge in [0.25, 0.3) is 0 Å². The van der Waals surface area contributed by atoms with Crippen molar-refractivity contribution in [2.24, 2.45) is 0 Å². The smallest absolute Gasteiger partial charge is 0.340 e. The van der Waals surface area contributed by atoms with Crippen molar-refractivity contribution in [3.05, 3.63) is 29.3 Å². The Balaban J connectivity index is 2.78. The van der Waals surface area contributed by atoms with Gasteiger partial charge in [0.2, 0.25) is 0 Å². The first-order chi connectivity index (χ1) is 7.69. The van der Waals surface area contributed by atoms with Crippen LogP contribution in [0, 0.1) is 0 Å². The summed E-state index contributed by atoms with van der Waals surface area (Å²) in [6, 6.07) is 5.39. The van der Waals surface area contributed by atoms with E-state index in [4.69, 9.17) is 22.1 Å². The number of hydrogen-bond donors (Lipinski definition) is 1. The lowest BCUT2D eigenvalue weighted by molar-refractivity contribution is 0.0527. The van der Waals surface area contributed by atoms with Crippen molar-refractivity contribution >= 4 is 23.3 Å². The Kier molecular flexibility index (Phi) is 5.12. The summed E-state index contributed by atoms with van der Waals surface area (Å²) in [7, 11) is 0. The summed E-state index contributed by atoms with van der Waals surface area (Å²) >= 11 is 5.61. The van der Waals surface area contributed by atoms with E-state index in [1.807, 2.05) is 6.07 Å². The topological polar surface area (TPSA) is 52.3 Å². The zero-order valence-electron chi connectivity index (χ0n) is 9.33. The van der Waals surface area contributed by atoms with Gasteiger partial charge in [0.1, 0.15) is 0 Å². The first-order valence-electron chi connectivity index (χ1n) is 5.30. The highest BCUT2D eigenvalue weighted by Crippen LogP contribution is 2.16. The molecule has 0 aliphatic heterocycles. The SMILES string of the molecule is CCOC(=O)c1ccc(CCCCl)cc1N. The fraction of sp³-hybridized carbons (Fsp3) is 0.417. The average Bonchev–Trinajstić information content (AvgIpc) is 2.26. The van der Waals surface area contributed by atoms with Crippen LogP contribution in [0.2, 0.25) is 0 Å². The van der Waals surface area contributed by atoms with E-state index >= 15 is 0 Å². The Morgan fingerprint density at radius 2 is 2.25 bits per heavy atom. The Morgan fingerprint density at radius 1 is 1.50 bits per heavy atom. The number of esters is 1. The van der Waals surface area contributed by atoms with Crippen LogP contribution in [0.15, 0.2) is 18.2 Å². The van der Waals surface area contributed by atoms with Gasteiger partial charge in [-0.15, -0.1) is 11.6 Å². The summed E-state index contributed by atoms with van der Waals surface area (Å²) in [5.74, 6) is 0.253. The molecule has 0 aliphatic rings. The van der Waals surface area contributed by atoms with Crippen LogP contribution in [-0.2, 0) is 11.2 Å². The number of alkyl halides is 1. The third-order valence-corrected chi connectivity index (χ3v) is 2.48. The molecule has 2 N–H and O–H groups in total. The van der Waals surface area contributed by atoms with Crippen molar-refractivity contribution in [2.75, 3.05) is 18.2 Å². The number of hydrogen-bond acceptors (Lipinski definition) is 3. The first kappa shape index (κ1) is 12.8. The molecule has 0 aromatic heterocycles. The molecule has 0 fully saturated rings. The Hall–Kier alpha value is -1.22. The molecule has 0 unspecified atom stereocenters. The first-order valence-corrected chi connectivity index (χ1v) is 5.84. The van der Waals surface area contributed by atoms with E-state index in [-0.39, 0.29) is 5.97 Å². The number of anilines is 1. The van der Waals surface area contributed by atoms with E-state index in [9.17, 15) is 4.79 Å².